The highest BCUT2D eigenvalue weighted by molar-refractivity contribution is 5.97. The summed E-state index contributed by atoms with van der Waals surface area (Å²) in [5, 5.41) is 8.49. The van der Waals surface area contributed by atoms with Crippen molar-refractivity contribution in [3.05, 3.63) is 29.8 Å². The van der Waals surface area contributed by atoms with Crippen LogP contribution in [0.2, 0.25) is 0 Å². The second kappa shape index (κ2) is 7.45. The molecule has 0 spiro atoms. The number of ketones is 1. The van der Waals surface area contributed by atoms with Crippen LogP contribution in [0.1, 0.15) is 23.2 Å². The van der Waals surface area contributed by atoms with Crippen LogP contribution in [0.25, 0.3) is 0 Å². The summed E-state index contributed by atoms with van der Waals surface area (Å²) in [7, 11) is 1.59. The summed E-state index contributed by atoms with van der Waals surface area (Å²) >= 11 is 0. The fraction of sp³-hybridized carbons (Fsp3) is 0.385. The van der Waals surface area contributed by atoms with Crippen LogP contribution in [0.4, 0.5) is 0 Å². The van der Waals surface area contributed by atoms with E-state index >= 15 is 0 Å². The molecule has 0 aliphatic rings. The fourth-order valence-electron chi connectivity index (χ4n) is 1.34. The molecule has 0 fully saturated rings. The first-order valence-corrected chi connectivity index (χ1v) is 5.60. The topological polar surface area (TPSA) is 72.8 Å². The van der Waals surface area contributed by atoms with Crippen molar-refractivity contribution in [2.75, 3.05) is 20.3 Å². The zero-order chi connectivity index (χ0) is 13.4. The van der Waals surface area contributed by atoms with Gasteiger partial charge in [-0.3, -0.25) is 9.59 Å². The van der Waals surface area contributed by atoms with Crippen molar-refractivity contribution in [3.8, 4) is 5.75 Å². The number of carboxylic acids is 1. The molecule has 0 heterocycles. The summed E-state index contributed by atoms with van der Waals surface area (Å²) < 4.78 is 10.2. The third-order valence-electron chi connectivity index (χ3n) is 2.30. The van der Waals surface area contributed by atoms with Gasteiger partial charge in [-0.1, -0.05) is 0 Å². The van der Waals surface area contributed by atoms with Gasteiger partial charge in [0.05, 0.1) is 13.0 Å². The average molecular weight is 252 g/mol. The van der Waals surface area contributed by atoms with Gasteiger partial charge in [0, 0.05) is 19.1 Å². The lowest BCUT2D eigenvalue weighted by atomic mass is 10.1. The number of rotatable bonds is 8. The van der Waals surface area contributed by atoms with E-state index in [9.17, 15) is 9.59 Å². The molecule has 0 radical (unpaired) electrons. The summed E-state index contributed by atoms with van der Waals surface area (Å²) in [6.07, 6.45) is -0.135. The van der Waals surface area contributed by atoms with E-state index in [1.165, 1.54) is 0 Å². The molecule has 1 N–H and O–H groups in total. The first-order chi connectivity index (χ1) is 8.63. The Hall–Kier alpha value is -1.88. The van der Waals surface area contributed by atoms with E-state index in [1.54, 1.807) is 31.4 Å². The van der Waals surface area contributed by atoms with Crippen LogP contribution in [-0.4, -0.2) is 37.2 Å². The predicted octanol–water partition coefficient (Wildman–Crippen LogP) is 1.76. The number of ether oxygens (including phenoxy) is 2. The highest BCUT2D eigenvalue weighted by atomic mass is 16.5. The Kier molecular flexibility index (Phi) is 5.87. The van der Waals surface area contributed by atoms with Gasteiger partial charge in [-0.2, -0.15) is 0 Å². The van der Waals surface area contributed by atoms with Gasteiger partial charge in [0.1, 0.15) is 12.4 Å². The first-order valence-electron chi connectivity index (χ1n) is 5.60. The summed E-state index contributed by atoms with van der Waals surface area (Å²) in [5.41, 5.74) is 0.496. The van der Waals surface area contributed by atoms with E-state index in [2.05, 4.69) is 0 Å². The SMILES string of the molecule is COCCOc1ccc(C(=O)CCC(=O)O)cc1. The molecule has 0 aromatic heterocycles. The Morgan fingerprint density at radius 3 is 2.33 bits per heavy atom. The Bertz CT molecular complexity index is 396. The quantitative estimate of drug-likeness (QED) is 0.563. The van der Waals surface area contributed by atoms with Gasteiger partial charge in [-0.25, -0.2) is 0 Å². The third kappa shape index (κ3) is 4.97. The maximum Gasteiger partial charge on any atom is 0.303 e. The van der Waals surface area contributed by atoms with Crippen LogP contribution >= 0.6 is 0 Å². The molecule has 0 amide bonds. The second-order valence-corrected chi connectivity index (χ2v) is 3.68. The molecular formula is C13H16O5. The number of carbonyl (C=O) groups excluding carboxylic acids is 1. The van der Waals surface area contributed by atoms with Crippen LogP contribution < -0.4 is 4.74 Å². The number of Topliss-reactive ketones (excluding diaryl/α,β-unsaturated/α-hetero) is 1. The number of benzene rings is 1. The molecule has 5 heteroatoms. The smallest absolute Gasteiger partial charge is 0.303 e. The van der Waals surface area contributed by atoms with Crippen molar-refractivity contribution in [3.63, 3.8) is 0 Å². The predicted molar refractivity (Wildman–Crippen MR) is 65.0 cm³/mol. The van der Waals surface area contributed by atoms with Gasteiger partial charge in [0.2, 0.25) is 0 Å². The summed E-state index contributed by atoms with van der Waals surface area (Å²) in [5.74, 6) is -0.495. The van der Waals surface area contributed by atoms with Gasteiger partial charge in [-0.15, -0.1) is 0 Å². The van der Waals surface area contributed by atoms with Gasteiger partial charge >= 0.3 is 5.97 Å². The van der Waals surface area contributed by atoms with Gasteiger partial charge in [0.25, 0.3) is 0 Å². The second-order valence-electron chi connectivity index (χ2n) is 3.68. The van der Waals surface area contributed by atoms with Gasteiger partial charge in [0.15, 0.2) is 5.78 Å². The van der Waals surface area contributed by atoms with E-state index in [0.717, 1.165) is 0 Å². The lowest BCUT2D eigenvalue weighted by Crippen LogP contribution is -2.05. The molecule has 5 nitrogen and oxygen atoms in total. The zero-order valence-corrected chi connectivity index (χ0v) is 10.2. The number of hydrogen-bond donors (Lipinski definition) is 1. The largest absolute Gasteiger partial charge is 0.491 e. The molecule has 0 aliphatic carbocycles. The normalized spacial score (nSPS) is 10.1. The monoisotopic (exact) mass is 252 g/mol. The van der Waals surface area contributed by atoms with E-state index in [0.29, 0.717) is 24.5 Å². The molecular weight excluding hydrogens is 236 g/mol. The number of carbonyl (C=O) groups is 2. The minimum absolute atomic E-state index is 0.0131. The Morgan fingerprint density at radius 1 is 1.11 bits per heavy atom. The van der Waals surface area contributed by atoms with Gasteiger partial charge in [-0.05, 0) is 24.3 Å². The standard InChI is InChI=1S/C13H16O5/c1-17-8-9-18-11-4-2-10(3-5-11)12(14)6-7-13(15)16/h2-5H,6-9H2,1H3,(H,15,16). The number of methoxy groups -OCH3 is 1. The van der Waals surface area contributed by atoms with Crippen molar-refractivity contribution in [1.29, 1.82) is 0 Å². The molecule has 1 rings (SSSR count). The van der Waals surface area contributed by atoms with E-state index < -0.39 is 5.97 Å². The molecule has 0 saturated heterocycles. The van der Waals surface area contributed by atoms with Crippen molar-refractivity contribution in [2.24, 2.45) is 0 Å². The average Bonchev–Trinajstić information content (AvgIpc) is 2.37. The Morgan fingerprint density at radius 2 is 1.78 bits per heavy atom. The molecule has 0 saturated carbocycles. The molecule has 0 unspecified atom stereocenters. The molecule has 0 atom stereocenters. The van der Waals surface area contributed by atoms with Crippen LogP contribution in [-0.2, 0) is 9.53 Å². The Balaban J connectivity index is 2.48. The van der Waals surface area contributed by atoms with Gasteiger partial charge < -0.3 is 14.6 Å². The maximum absolute atomic E-state index is 11.6. The number of carboxylic acid groups (broad SMARTS) is 1. The minimum atomic E-state index is -0.970. The minimum Gasteiger partial charge on any atom is -0.491 e. The summed E-state index contributed by atoms with van der Waals surface area (Å²) in [4.78, 5) is 21.9. The van der Waals surface area contributed by atoms with Crippen LogP contribution in [0.3, 0.4) is 0 Å². The molecule has 18 heavy (non-hydrogen) atoms. The zero-order valence-electron chi connectivity index (χ0n) is 10.2. The molecule has 1 aromatic carbocycles. The molecule has 1 aromatic rings. The molecule has 0 aliphatic heterocycles. The first kappa shape index (κ1) is 14.2. The Labute approximate surface area is 105 Å². The highest BCUT2D eigenvalue weighted by Gasteiger charge is 2.08. The van der Waals surface area contributed by atoms with Crippen molar-refractivity contribution in [1.82, 2.24) is 0 Å². The van der Waals surface area contributed by atoms with Crippen LogP contribution in [0.15, 0.2) is 24.3 Å². The van der Waals surface area contributed by atoms with Crippen LogP contribution in [0.5, 0.6) is 5.75 Å². The lowest BCUT2D eigenvalue weighted by Gasteiger charge is -2.06. The fourth-order valence-corrected chi connectivity index (χ4v) is 1.34. The summed E-state index contributed by atoms with van der Waals surface area (Å²) in [6.45, 7) is 0.947. The van der Waals surface area contributed by atoms with Crippen molar-refractivity contribution >= 4 is 11.8 Å². The van der Waals surface area contributed by atoms with Crippen molar-refractivity contribution < 1.29 is 24.2 Å². The maximum atomic E-state index is 11.6. The van der Waals surface area contributed by atoms with E-state index in [-0.39, 0.29) is 18.6 Å². The van der Waals surface area contributed by atoms with Crippen molar-refractivity contribution in [2.45, 2.75) is 12.8 Å². The van der Waals surface area contributed by atoms with E-state index in [4.69, 9.17) is 14.6 Å². The molecule has 98 valence electrons. The third-order valence-corrected chi connectivity index (χ3v) is 2.30. The number of aliphatic carboxylic acids is 1. The highest BCUT2D eigenvalue weighted by Crippen LogP contribution is 2.14. The number of hydrogen-bond acceptors (Lipinski definition) is 4. The summed E-state index contributed by atoms with van der Waals surface area (Å²) in [6, 6.07) is 6.63. The van der Waals surface area contributed by atoms with E-state index in [1.807, 2.05) is 0 Å². The lowest BCUT2D eigenvalue weighted by molar-refractivity contribution is -0.136. The van der Waals surface area contributed by atoms with Crippen LogP contribution in [0, 0.1) is 0 Å². The molecule has 0 bridgehead atoms.